The number of likely N-dealkylation sites (N-methyl/N-ethyl adjacent to an activating group) is 1. The predicted octanol–water partition coefficient (Wildman–Crippen LogP) is 2.57. The van der Waals surface area contributed by atoms with Gasteiger partial charge in [-0.15, -0.1) is 0 Å². The van der Waals surface area contributed by atoms with Crippen molar-refractivity contribution >= 4 is 5.97 Å². The molecule has 0 aromatic heterocycles. The number of hydrogen-bond acceptors (Lipinski definition) is 7. The zero-order valence-corrected chi connectivity index (χ0v) is 16.0. The van der Waals surface area contributed by atoms with E-state index in [9.17, 15) is 4.79 Å². The number of carbonyl (C=O) groups is 1. The lowest BCUT2D eigenvalue weighted by Gasteiger charge is -2.16. The van der Waals surface area contributed by atoms with Crippen LogP contribution in [0.5, 0.6) is 0 Å². The van der Waals surface area contributed by atoms with Crippen LogP contribution in [0.3, 0.4) is 0 Å². The van der Waals surface area contributed by atoms with Crippen molar-refractivity contribution in [3.05, 3.63) is 59.8 Å². The fraction of sp³-hybridized carbons (Fsp3) is 0.381. The van der Waals surface area contributed by atoms with Gasteiger partial charge in [0.2, 0.25) is 0 Å². The van der Waals surface area contributed by atoms with Crippen molar-refractivity contribution in [2.24, 2.45) is 0 Å². The number of hydrogen-bond donors (Lipinski definition) is 0. The average Bonchev–Trinajstić information content (AvgIpc) is 2.73. The predicted molar refractivity (Wildman–Crippen MR) is 104 cm³/mol. The summed E-state index contributed by atoms with van der Waals surface area (Å²) in [5.41, 5.74) is 1.11. The van der Waals surface area contributed by atoms with Gasteiger partial charge in [-0.2, -0.15) is 10.5 Å². The van der Waals surface area contributed by atoms with Gasteiger partial charge in [0, 0.05) is 6.54 Å². The minimum Gasteiger partial charge on any atom is -0.462 e. The summed E-state index contributed by atoms with van der Waals surface area (Å²) in [5, 5.41) is 17.3. The third-order valence-electron chi connectivity index (χ3n) is 3.51. The van der Waals surface area contributed by atoms with Gasteiger partial charge in [-0.3, -0.25) is 4.79 Å². The molecular formula is C21H25N3O4. The Balaban J connectivity index is 2.10. The summed E-state index contributed by atoms with van der Waals surface area (Å²) in [4.78, 5) is 13.5. The first-order chi connectivity index (χ1) is 13.7. The number of allylic oxidation sites excluding steroid dienone is 3. The van der Waals surface area contributed by atoms with Gasteiger partial charge in [-0.25, -0.2) is 0 Å². The molecule has 0 atom stereocenters. The van der Waals surface area contributed by atoms with Gasteiger partial charge in [0.05, 0.1) is 26.4 Å². The van der Waals surface area contributed by atoms with Gasteiger partial charge in [-0.1, -0.05) is 30.3 Å². The number of benzene rings is 1. The van der Waals surface area contributed by atoms with Gasteiger partial charge in [-0.05, 0) is 30.8 Å². The van der Waals surface area contributed by atoms with Crippen molar-refractivity contribution in [3.8, 4) is 12.1 Å². The van der Waals surface area contributed by atoms with E-state index in [1.54, 1.807) is 29.3 Å². The van der Waals surface area contributed by atoms with E-state index in [0.717, 1.165) is 5.56 Å². The Kier molecular flexibility index (Phi) is 12.3. The summed E-state index contributed by atoms with van der Waals surface area (Å²) in [6.45, 7) is 4.47. The van der Waals surface area contributed by atoms with Crippen LogP contribution in [0.4, 0.5) is 0 Å². The highest BCUT2D eigenvalue weighted by molar-refractivity contribution is 5.71. The maximum absolute atomic E-state index is 11.8. The van der Waals surface area contributed by atoms with Gasteiger partial charge < -0.3 is 19.1 Å². The van der Waals surface area contributed by atoms with Crippen LogP contribution >= 0.6 is 0 Å². The van der Waals surface area contributed by atoms with Crippen molar-refractivity contribution < 1.29 is 19.0 Å². The van der Waals surface area contributed by atoms with Crippen molar-refractivity contribution in [2.75, 3.05) is 39.5 Å². The summed E-state index contributed by atoms with van der Waals surface area (Å²) in [5.74, 6) is -0.375. The minimum absolute atomic E-state index is 0.000207. The maximum atomic E-state index is 11.8. The zero-order valence-electron chi connectivity index (χ0n) is 16.0. The van der Waals surface area contributed by atoms with Crippen molar-refractivity contribution in [2.45, 2.75) is 13.5 Å². The van der Waals surface area contributed by atoms with Crippen LogP contribution in [-0.2, 0) is 25.6 Å². The van der Waals surface area contributed by atoms with Crippen LogP contribution in [0.25, 0.3) is 0 Å². The van der Waals surface area contributed by atoms with Gasteiger partial charge in [0.15, 0.2) is 0 Å². The highest BCUT2D eigenvalue weighted by Crippen LogP contribution is 2.00. The summed E-state index contributed by atoms with van der Waals surface area (Å²) >= 11 is 0. The molecule has 7 heteroatoms. The lowest BCUT2D eigenvalue weighted by Crippen LogP contribution is -2.27. The standard InChI is InChI=1S/C21H25N3O4/c1-2-24(10-6-9-20(15-22)16-23)17-21(25)28-14-13-26-11-12-27-18-19-7-4-3-5-8-19/h3-10H,2,11-14,17-18H2,1H3. The van der Waals surface area contributed by atoms with E-state index in [4.69, 9.17) is 24.7 Å². The average molecular weight is 383 g/mol. The molecule has 0 radical (unpaired) electrons. The SMILES string of the molecule is CCN(C=CC=C(C#N)C#N)CC(=O)OCCOCCOCc1ccccc1. The van der Waals surface area contributed by atoms with E-state index in [0.29, 0.717) is 33.0 Å². The fourth-order valence-corrected chi connectivity index (χ4v) is 2.04. The van der Waals surface area contributed by atoms with E-state index in [1.807, 2.05) is 37.3 Å². The molecule has 0 amide bonds. The molecule has 1 aromatic rings. The fourth-order valence-electron chi connectivity index (χ4n) is 2.04. The Labute approximate surface area is 166 Å². The molecule has 28 heavy (non-hydrogen) atoms. The Morgan fingerprint density at radius 1 is 1.07 bits per heavy atom. The molecule has 0 N–H and O–H groups in total. The number of ether oxygens (including phenoxy) is 3. The van der Waals surface area contributed by atoms with Crippen LogP contribution in [0.1, 0.15) is 12.5 Å². The van der Waals surface area contributed by atoms with Gasteiger partial charge >= 0.3 is 5.97 Å². The Bertz CT molecular complexity index is 701. The molecule has 0 fully saturated rings. The van der Waals surface area contributed by atoms with Crippen LogP contribution in [0.15, 0.2) is 54.3 Å². The molecule has 0 saturated carbocycles. The number of nitriles is 2. The van der Waals surface area contributed by atoms with Crippen LogP contribution < -0.4 is 0 Å². The summed E-state index contributed by atoms with van der Waals surface area (Å²) in [6.07, 6.45) is 4.58. The zero-order chi connectivity index (χ0) is 20.5. The molecule has 0 bridgehead atoms. The van der Waals surface area contributed by atoms with Gasteiger partial charge in [0.25, 0.3) is 0 Å². The summed E-state index contributed by atoms with van der Waals surface area (Å²) < 4.78 is 16.0. The van der Waals surface area contributed by atoms with Gasteiger partial charge in [0.1, 0.15) is 30.9 Å². The lowest BCUT2D eigenvalue weighted by molar-refractivity contribution is -0.146. The molecule has 0 unspecified atom stereocenters. The summed E-state index contributed by atoms with van der Waals surface area (Å²) in [6, 6.07) is 13.4. The normalized spacial score (nSPS) is 10.1. The Morgan fingerprint density at radius 3 is 2.43 bits per heavy atom. The number of rotatable bonds is 13. The smallest absolute Gasteiger partial charge is 0.325 e. The number of nitrogens with zero attached hydrogens (tertiary/aromatic N) is 3. The Morgan fingerprint density at radius 2 is 1.75 bits per heavy atom. The van der Waals surface area contributed by atoms with E-state index in [-0.39, 0.29) is 24.7 Å². The lowest BCUT2D eigenvalue weighted by atomic mass is 10.2. The van der Waals surface area contributed by atoms with E-state index < -0.39 is 0 Å². The molecule has 0 aliphatic rings. The third-order valence-corrected chi connectivity index (χ3v) is 3.51. The molecule has 0 aliphatic heterocycles. The summed E-state index contributed by atoms with van der Waals surface area (Å²) in [7, 11) is 0. The third kappa shape index (κ3) is 10.8. The second kappa shape index (κ2) is 15.0. The molecule has 0 heterocycles. The highest BCUT2D eigenvalue weighted by Gasteiger charge is 2.06. The number of esters is 1. The van der Waals surface area contributed by atoms with E-state index >= 15 is 0 Å². The van der Waals surface area contributed by atoms with Crippen molar-refractivity contribution in [1.29, 1.82) is 10.5 Å². The van der Waals surface area contributed by atoms with E-state index in [2.05, 4.69) is 0 Å². The first-order valence-electron chi connectivity index (χ1n) is 8.97. The highest BCUT2D eigenvalue weighted by atomic mass is 16.6. The minimum atomic E-state index is -0.375. The van der Waals surface area contributed by atoms with Crippen LogP contribution in [0.2, 0.25) is 0 Å². The topological polar surface area (TPSA) is 95.6 Å². The van der Waals surface area contributed by atoms with E-state index in [1.165, 1.54) is 6.08 Å². The quantitative estimate of drug-likeness (QED) is 0.223. The van der Waals surface area contributed by atoms with Crippen LogP contribution in [-0.4, -0.2) is 50.4 Å². The number of carbonyl (C=O) groups excluding carboxylic acids is 1. The largest absolute Gasteiger partial charge is 0.462 e. The molecule has 0 aliphatic carbocycles. The second-order valence-corrected chi connectivity index (χ2v) is 5.58. The molecule has 7 nitrogen and oxygen atoms in total. The second-order valence-electron chi connectivity index (χ2n) is 5.58. The van der Waals surface area contributed by atoms with Crippen LogP contribution in [0, 0.1) is 22.7 Å². The van der Waals surface area contributed by atoms with Crippen molar-refractivity contribution in [3.63, 3.8) is 0 Å². The molecule has 0 saturated heterocycles. The molecular weight excluding hydrogens is 358 g/mol. The molecule has 1 rings (SSSR count). The van der Waals surface area contributed by atoms with Crippen molar-refractivity contribution in [1.82, 2.24) is 4.90 Å². The molecule has 1 aromatic carbocycles. The monoisotopic (exact) mass is 383 g/mol. The first-order valence-corrected chi connectivity index (χ1v) is 8.97. The molecule has 148 valence electrons. The maximum Gasteiger partial charge on any atom is 0.325 e. The molecule has 0 spiro atoms. The Hall–Kier alpha value is -3.13. The first kappa shape index (κ1) is 22.9.